The van der Waals surface area contributed by atoms with Gasteiger partial charge < -0.3 is 4.90 Å². The van der Waals surface area contributed by atoms with Crippen molar-refractivity contribution in [3.8, 4) is 0 Å². The topological polar surface area (TPSA) is 23.6 Å². The lowest BCUT2D eigenvalue weighted by Crippen LogP contribution is -2.43. The van der Waals surface area contributed by atoms with Crippen molar-refractivity contribution in [2.24, 2.45) is 0 Å². The van der Waals surface area contributed by atoms with Crippen molar-refractivity contribution in [2.75, 3.05) is 33.2 Å². The molecule has 3 rings (SSSR count). The molecule has 0 amide bonds. The molecule has 0 aliphatic carbocycles. The first-order valence-corrected chi connectivity index (χ1v) is 8.71. The van der Waals surface area contributed by atoms with Gasteiger partial charge in [0.1, 0.15) is 0 Å². The maximum atomic E-state index is 12.5. The lowest BCUT2D eigenvalue weighted by molar-refractivity contribution is 0.103. The number of carbonyl (C=O) groups is 1. The van der Waals surface area contributed by atoms with Gasteiger partial charge in [0.05, 0.1) is 0 Å². The van der Waals surface area contributed by atoms with E-state index in [0.29, 0.717) is 0 Å². The molecule has 0 bridgehead atoms. The molecule has 0 saturated carbocycles. The molecule has 1 aliphatic rings. The molecule has 1 fully saturated rings. The molecule has 0 atom stereocenters. The fourth-order valence-corrected chi connectivity index (χ4v) is 3.06. The molecule has 2 aromatic rings. The lowest BCUT2D eigenvalue weighted by atomic mass is 10.0. The van der Waals surface area contributed by atoms with Gasteiger partial charge in [0.25, 0.3) is 0 Å². The van der Waals surface area contributed by atoms with Gasteiger partial charge in [-0.15, -0.1) is 0 Å². The molecule has 120 valence electrons. The van der Waals surface area contributed by atoms with Gasteiger partial charge >= 0.3 is 0 Å². The van der Waals surface area contributed by atoms with Crippen molar-refractivity contribution < 1.29 is 4.79 Å². The van der Waals surface area contributed by atoms with Crippen LogP contribution < -0.4 is 0 Å². The van der Waals surface area contributed by atoms with E-state index in [0.717, 1.165) is 48.3 Å². The van der Waals surface area contributed by atoms with Crippen molar-refractivity contribution in [3.05, 3.63) is 69.7 Å². The minimum Gasteiger partial charge on any atom is -0.304 e. The van der Waals surface area contributed by atoms with Crippen LogP contribution in [-0.4, -0.2) is 48.8 Å². The van der Waals surface area contributed by atoms with E-state index < -0.39 is 0 Å². The zero-order valence-corrected chi connectivity index (χ0v) is 14.9. The van der Waals surface area contributed by atoms with Crippen LogP contribution in [0.1, 0.15) is 21.5 Å². The lowest BCUT2D eigenvalue weighted by Gasteiger charge is -2.32. The highest BCUT2D eigenvalue weighted by molar-refractivity contribution is 9.10. The van der Waals surface area contributed by atoms with Crippen LogP contribution in [0, 0.1) is 0 Å². The van der Waals surface area contributed by atoms with E-state index in [4.69, 9.17) is 0 Å². The number of rotatable bonds is 4. The highest BCUT2D eigenvalue weighted by Crippen LogP contribution is 2.16. The Labute approximate surface area is 146 Å². The Hall–Kier alpha value is -1.49. The predicted molar refractivity (Wildman–Crippen MR) is 96.8 cm³/mol. The normalized spacial score (nSPS) is 16.4. The Morgan fingerprint density at radius 2 is 1.43 bits per heavy atom. The molecule has 0 radical (unpaired) electrons. The van der Waals surface area contributed by atoms with Crippen LogP contribution in [0.15, 0.2) is 53.0 Å². The summed E-state index contributed by atoms with van der Waals surface area (Å²) in [6.45, 7) is 5.42. The van der Waals surface area contributed by atoms with Gasteiger partial charge in [-0.2, -0.15) is 0 Å². The maximum Gasteiger partial charge on any atom is 0.193 e. The molecule has 0 unspecified atom stereocenters. The van der Waals surface area contributed by atoms with Crippen LogP contribution in [0.2, 0.25) is 0 Å². The molecule has 0 aromatic heterocycles. The number of benzene rings is 2. The summed E-state index contributed by atoms with van der Waals surface area (Å²) in [7, 11) is 2.17. The van der Waals surface area contributed by atoms with Crippen LogP contribution in [-0.2, 0) is 6.54 Å². The molecule has 1 aliphatic heterocycles. The van der Waals surface area contributed by atoms with Crippen molar-refractivity contribution in [1.82, 2.24) is 9.80 Å². The summed E-state index contributed by atoms with van der Waals surface area (Å²) in [6, 6.07) is 15.5. The smallest absolute Gasteiger partial charge is 0.193 e. The van der Waals surface area contributed by atoms with Gasteiger partial charge in [-0.05, 0) is 36.9 Å². The quantitative estimate of drug-likeness (QED) is 0.768. The zero-order valence-electron chi connectivity index (χ0n) is 13.3. The average Bonchev–Trinajstić information content (AvgIpc) is 2.58. The monoisotopic (exact) mass is 372 g/mol. The number of hydrogen-bond acceptors (Lipinski definition) is 3. The number of halogens is 1. The van der Waals surface area contributed by atoms with Crippen LogP contribution in [0.25, 0.3) is 0 Å². The summed E-state index contributed by atoms with van der Waals surface area (Å²) >= 11 is 3.39. The van der Waals surface area contributed by atoms with E-state index in [1.807, 2.05) is 36.4 Å². The van der Waals surface area contributed by atoms with Gasteiger partial charge in [-0.1, -0.05) is 40.2 Å². The van der Waals surface area contributed by atoms with Crippen molar-refractivity contribution >= 4 is 21.7 Å². The van der Waals surface area contributed by atoms with Crippen LogP contribution in [0.3, 0.4) is 0 Å². The number of nitrogens with zero attached hydrogens (tertiary/aromatic N) is 2. The van der Waals surface area contributed by atoms with Gasteiger partial charge in [-0.3, -0.25) is 9.69 Å². The summed E-state index contributed by atoms with van der Waals surface area (Å²) in [6.07, 6.45) is 0. The number of ketones is 1. The third-order valence-corrected chi connectivity index (χ3v) is 4.85. The molecule has 1 heterocycles. The Balaban J connectivity index is 1.64. The minimum atomic E-state index is 0.0728. The van der Waals surface area contributed by atoms with Crippen LogP contribution >= 0.6 is 15.9 Å². The average molecular weight is 373 g/mol. The SMILES string of the molecule is CN1CCN(Cc2ccc(C(=O)c3ccc(Br)cc3)cc2)CC1. The third kappa shape index (κ3) is 4.28. The highest BCUT2D eigenvalue weighted by Gasteiger charge is 2.14. The predicted octanol–water partition coefficient (Wildman–Crippen LogP) is 3.43. The number of piperazine rings is 1. The van der Waals surface area contributed by atoms with Crippen molar-refractivity contribution in [1.29, 1.82) is 0 Å². The summed E-state index contributed by atoms with van der Waals surface area (Å²) in [5, 5.41) is 0. The molecule has 23 heavy (non-hydrogen) atoms. The Morgan fingerprint density at radius 3 is 2.00 bits per heavy atom. The zero-order chi connectivity index (χ0) is 16.2. The molecular formula is C19H21BrN2O. The third-order valence-electron chi connectivity index (χ3n) is 4.32. The van der Waals surface area contributed by atoms with E-state index in [2.05, 4.69) is 44.9 Å². The molecular weight excluding hydrogens is 352 g/mol. The largest absolute Gasteiger partial charge is 0.304 e. The number of hydrogen-bond donors (Lipinski definition) is 0. The summed E-state index contributed by atoms with van der Waals surface area (Å²) in [5.74, 6) is 0.0728. The minimum absolute atomic E-state index is 0.0728. The molecule has 0 N–H and O–H groups in total. The van der Waals surface area contributed by atoms with Gasteiger partial charge in [0, 0.05) is 48.3 Å². The first-order chi connectivity index (χ1) is 11.1. The molecule has 0 spiro atoms. The Bertz CT molecular complexity index is 659. The van der Waals surface area contributed by atoms with E-state index in [1.165, 1.54) is 5.56 Å². The van der Waals surface area contributed by atoms with Gasteiger partial charge in [0.15, 0.2) is 5.78 Å². The van der Waals surface area contributed by atoms with E-state index in [-0.39, 0.29) is 5.78 Å². The molecule has 2 aromatic carbocycles. The maximum absolute atomic E-state index is 12.5. The second-order valence-electron chi connectivity index (χ2n) is 6.11. The van der Waals surface area contributed by atoms with E-state index in [9.17, 15) is 4.79 Å². The number of likely N-dealkylation sites (N-methyl/N-ethyl adjacent to an activating group) is 1. The van der Waals surface area contributed by atoms with Crippen LogP contribution in [0.5, 0.6) is 0 Å². The highest BCUT2D eigenvalue weighted by atomic mass is 79.9. The molecule has 4 heteroatoms. The van der Waals surface area contributed by atoms with Crippen LogP contribution in [0.4, 0.5) is 0 Å². The summed E-state index contributed by atoms with van der Waals surface area (Å²) < 4.78 is 0.983. The fourth-order valence-electron chi connectivity index (χ4n) is 2.79. The standard InChI is InChI=1S/C19H21BrN2O/c1-21-10-12-22(13-11-21)14-15-2-4-16(5-3-15)19(23)17-6-8-18(20)9-7-17/h2-9H,10-14H2,1H3. The second-order valence-corrected chi connectivity index (χ2v) is 7.03. The summed E-state index contributed by atoms with van der Waals surface area (Å²) in [4.78, 5) is 17.3. The molecule has 3 nitrogen and oxygen atoms in total. The van der Waals surface area contributed by atoms with Crippen molar-refractivity contribution in [2.45, 2.75) is 6.54 Å². The van der Waals surface area contributed by atoms with Crippen molar-refractivity contribution in [3.63, 3.8) is 0 Å². The first-order valence-electron chi connectivity index (χ1n) is 7.92. The Morgan fingerprint density at radius 1 is 0.913 bits per heavy atom. The number of carbonyl (C=O) groups excluding carboxylic acids is 1. The van der Waals surface area contributed by atoms with E-state index in [1.54, 1.807) is 0 Å². The summed E-state index contributed by atoms with van der Waals surface area (Å²) in [5.41, 5.74) is 2.73. The Kier molecular flexibility index (Phi) is 5.26. The first kappa shape index (κ1) is 16.4. The fraction of sp³-hybridized carbons (Fsp3) is 0.316. The van der Waals surface area contributed by atoms with Gasteiger partial charge in [0.2, 0.25) is 0 Å². The molecule has 1 saturated heterocycles. The second kappa shape index (κ2) is 7.39. The van der Waals surface area contributed by atoms with Gasteiger partial charge in [-0.25, -0.2) is 0 Å². The van der Waals surface area contributed by atoms with E-state index >= 15 is 0 Å².